The van der Waals surface area contributed by atoms with Crippen LogP contribution in [-0.2, 0) is 11.8 Å². The van der Waals surface area contributed by atoms with Crippen LogP contribution in [0, 0.1) is 6.92 Å². The van der Waals surface area contributed by atoms with Crippen molar-refractivity contribution in [2.75, 3.05) is 7.05 Å². The smallest absolute Gasteiger partial charge is 0.237 e. The molecule has 0 saturated heterocycles. The number of aryl methyl sites for hydroxylation is 1. The summed E-state index contributed by atoms with van der Waals surface area (Å²) >= 11 is 0. The molecule has 1 atom stereocenters. The van der Waals surface area contributed by atoms with E-state index < -0.39 is 0 Å². The fraction of sp³-hybridized carbons (Fsp3) is 0.579. The van der Waals surface area contributed by atoms with Crippen molar-refractivity contribution < 1.29 is 4.52 Å². The molecule has 2 aromatic rings. The second-order valence-electron chi connectivity index (χ2n) is 6.92. The number of halogens is 1. The van der Waals surface area contributed by atoms with Gasteiger partial charge in [-0.1, -0.05) is 54.2 Å². The molecule has 1 aliphatic carbocycles. The highest BCUT2D eigenvalue weighted by atomic mass is 35.5. The predicted molar refractivity (Wildman–Crippen MR) is 98.8 cm³/mol. The molecule has 3 rings (SSSR count). The Balaban J connectivity index is 0.00000208. The maximum absolute atomic E-state index is 5.76. The van der Waals surface area contributed by atoms with E-state index >= 15 is 0 Å². The first kappa shape index (κ1) is 18.9. The van der Waals surface area contributed by atoms with E-state index in [0.29, 0.717) is 6.04 Å². The Morgan fingerprint density at radius 2 is 2.00 bits per heavy atom. The third kappa shape index (κ3) is 3.81. The molecule has 1 N–H and O–H groups in total. The molecule has 1 fully saturated rings. The number of aromatic nitrogens is 2. The molecule has 1 aliphatic rings. The van der Waals surface area contributed by atoms with E-state index in [-0.39, 0.29) is 17.8 Å². The minimum atomic E-state index is -0.0988. The number of nitrogens with zero attached hydrogens (tertiary/aromatic N) is 2. The van der Waals surface area contributed by atoms with Crippen molar-refractivity contribution in [3.63, 3.8) is 0 Å². The van der Waals surface area contributed by atoms with Crippen LogP contribution in [0.2, 0.25) is 0 Å². The average Bonchev–Trinajstić information content (AvgIpc) is 3.04. The highest BCUT2D eigenvalue weighted by Gasteiger charge is 2.41. The fourth-order valence-corrected chi connectivity index (χ4v) is 3.63. The standard InChI is InChI=1S/C19H27N3O.ClH/c1-14-8-7-9-16(12-14)19(10-5-4-6-11-19)18-21-17(22-23-18)13-15(2)20-3;/h7-9,12,15,20H,4-6,10-11,13H2,1-3H3;1H. The molecule has 0 spiro atoms. The molecule has 1 aromatic carbocycles. The lowest BCUT2D eigenvalue weighted by molar-refractivity contribution is 0.250. The molecule has 0 aliphatic heterocycles. The molecule has 5 heteroatoms. The lowest BCUT2D eigenvalue weighted by Gasteiger charge is -2.34. The van der Waals surface area contributed by atoms with Crippen LogP contribution in [0.25, 0.3) is 0 Å². The Bertz CT molecular complexity index is 650. The summed E-state index contributed by atoms with van der Waals surface area (Å²) < 4.78 is 5.76. The number of likely N-dealkylation sites (N-methyl/N-ethyl adjacent to an activating group) is 1. The number of hydrogen-bond donors (Lipinski definition) is 1. The highest BCUT2D eigenvalue weighted by molar-refractivity contribution is 5.85. The largest absolute Gasteiger partial charge is 0.338 e. The van der Waals surface area contributed by atoms with Gasteiger partial charge in [-0.25, -0.2) is 0 Å². The first-order valence-corrected chi connectivity index (χ1v) is 8.71. The number of benzene rings is 1. The monoisotopic (exact) mass is 349 g/mol. The number of rotatable bonds is 5. The lowest BCUT2D eigenvalue weighted by Crippen LogP contribution is -2.31. The van der Waals surface area contributed by atoms with Gasteiger partial charge in [0, 0.05) is 12.5 Å². The zero-order valence-electron chi connectivity index (χ0n) is 14.8. The molecule has 1 saturated carbocycles. The maximum atomic E-state index is 5.76. The molecule has 24 heavy (non-hydrogen) atoms. The van der Waals surface area contributed by atoms with Crippen molar-refractivity contribution in [2.24, 2.45) is 0 Å². The Kier molecular flexibility index (Phi) is 6.41. The maximum Gasteiger partial charge on any atom is 0.237 e. The minimum absolute atomic E-state index is 0. The molecule has 0 amide bonds. The summed E-state index contributed by atoms with van der Waals surface area (Å²) in [7, 11) is 1.96. The van der Waals surface area contributed by atoms with Crippen molar-refractivity contribution in [1.82, 2.24) is 15.5 Å². The van der Waals surface area contributed by atoms with Gasteiger partial charge in [0.15, 0.2) is 5.82 Å². The van der Waals surface area contributed by atoms with Gasteiger partial charge in [0.1, 0.15) is 0 Å². The number of hydrogen-bond acceptors (Lipinski definition) is 4. The summed E-state index contributed by atoms with van der Waals surface area (Å²) in [5.74, 6) is 1.61. The van der Waals surface area contributed by atoms with Gasteiger partial charge in [-0.3, -0.25) is 0 Å². The van der Waals surface area contributed by atoms with E-state index in [1.807, 2.05) is 7.05 Å². The third-order valence-electron chi connectivity index (χ3n) is 5.14. The molecule has 0 radical (unpaired) electrons. The summed E-state index contributed by atoms with van der Waals surface area (Å²) in [6.07, 6.45) is 6.73. The third-order valence-corrected chi connectivity index (χ3v) is 5.14. The van der Waals surface area contributed by atoms with E-state index in [1.54, 1.807) is 0 Å². The fourth-order valence-electron chi connectivity index (χ4n) is 3.63. The van der Waals surface area contributed by atoms with Gasteiger partial charge in [0.2, 0.25) is 5.89 Å². The summed E-state index contributed by atoms with van der Waals surface area (Å²) in [6.45, 7) is 4.28. The van der Waals surface area contributed by atoms with Crippen molar-refractivity contribution in [1.29, 1.82) is 0 Å². The summed E-state index contributed by atoms with van der Waals surface area (Å²) in [4.78, 5) is 4.78. The summed E-state index contributed by atoms with van der Waals surface area (Å²) in [5.41, 5.74) is 2.52. The number of nitrogens with one attached hydrogen (secondary N) is 1. The minimum Gasteiger partial charge on any atom is -0.338 e. The van der Waals surface area contributed by atoms with Crippen LogP contribution in [0.3, 0.4) is 0 Å². The first-order valence-electron chi connectivity index (χ1n) is 8.71. The molecular weight excluding hydrogens is 322 g/mol. The molecule has 1 unspecified atom stereocenters. The van der Waals surface area contributed by atoms with Crippen molar-refractivity contribution in [2.45, 2.75) is 63.8 Å². The van der Waals surface area contributed by atoms with Gasteiger partial charge >= 0.3 is 0 Å². The Morgan fingerprint density at radius 3 is 2.67 bits per heavy atom. The lowest BCUT2D eigenvalue weighted by atomic mass is 9.69. The van der Waals surface area contributed by atoms with Gasteiger partial charge in [0.05, 0.1) is 5.41 Å². The topological polar surface area (TPSA) is 51.0 Å². The quantitative estimate of drug-likeness (QED) is 0.878. The van der Waals surface area contributed by atoms with Crippen molar-refractivity contribution in [3.05, 3.63) is 47.1 Å². The summed E-state index contributed by atoms with van der Waals surface area (Å²) in [5, 5.41) is 7.48. The van der Waals surface area contributed by atoms with Crippen LogP contribution in [-0.4, -0.2) is 23.2 Å². The second-order valence-corrected chi connectivity index (χ2v) is 6.92. The van der Waals surface area contributed by atoms with Crippen LogP contribution < -0.4 is 5.32 Å². The van der Waals surface area contributed by atoms with Gasteiger partial charge in [-0.05, 0) is 39.3 Å². The zero-order valence-corrected chi connectivity index (χ0v) is 15.7. The van der Waals surface area contributed by atoms with E-state index in [1.165, 1.54) is 30.4 Å². The van der Waals surface area contributed by atoms with E-state index in [2.05, 4.69) is 48.6 Å². The van der Waals surface area contributed by atoms with Crippen LogP contribution >= 0.6 is 12.4 Å². The molecule has 1 aromatic heterocycles. The first-order chi connectivity index (χ1) is 11.1. The van der Waals surface area contributed by atoms with Gasteiger partial charge in [-0.15, -0.1) is 12.4 Å². The molecule has 132 valence electrons. The van der Waals surface area contributed by atoms with Gasteiger partial charge < -0.3 is 9.84 Å². The van der Waals surface area contributed by atoms with Crippen LogP contribution in [0.5, 0.6) is 0 Å². The molecule has 0 bridgehead atoms. The Hall–Kier alpha value is -1.39. The van der Waals surface area contributed by atoms with Crippen molar-refractivity contribution in [3.8, 4) is 0 Å². The molecular formula is C19H28ClN3O. The van der Waals surface area contributed by atoms with Crippen LogP contribution in [0.15, 0.2) is 28.8 Å². The van der Waals surface area contributed by atoms with E-state index in [9.17, 15) is 0 Å². The average molecular weight is 350 g/mol. The SMILES string of the molecule is CNC(C)Cc1noc(C2(c3cccc(C)c3)CCCCC2)n1.Cl. The van der Waals surface area contributed by atoms with Gasteiger partial charge in [-0.2, -0.15) is 4.98 Å². The summed E-state index contributed by atoms with van der Waals surface area (Å²) in [6, 6.07) is 9.14. The second kappa shape index (κ2) is 8.13. The zero-order chi connectivity index (χ0) is 16.3. The highest BCUT2D eigenvalue weighted by Crippen LogP contribution is 2.44. The predicted octanol–water partition coefficient (Wildman–Crippen LogP) is 4.20. The van der Waals surface area contributed by atoms with E-state index in [0.717, 1.165) is 31.0 Å². The molecule has 1 heterocycles. The van der Waals surface area contributed by atoms with Gasteiger partial charge in [0.25, 0.3) is 0 Å². The Labute approximate surface area is 150 Å². The van der Waals surface area contributed by atoms with Crippen molar-refractivity contribution >= 4 is 12.4 Å². The van der Waals surface area contributed by atoms with E-state index in [4.69, 9.17) is 9.51 Å². The van der Waals surface area contributed by atoms with Crippen LogP contribution in [0.1, 0.15) is 61.9 Å². The Morgan fingerprint density at radius 1 is 1.25 bits per heavy atom. The van der Waals surface area contributed by atoms with Crippen LogP contribution in [0.4, 0.5) is 0 Å². The normalized spacial score (nSPS) is 18.0. The molecule has 4 nitrogen and oxygen atoms in total.